The Bertz CT molecular complexity index is 564. The van der Waals surface area contributed by atoms with Crippen molar-refractivity contribution in [2.24, 2.45) is 5.92 Å². The van der Waals surface area contributed by atoms with Gasteiger partial charge in [-0.2, -0.15) is 0 Å². The van der Waals surface area contributed by atoms with Crippen molar-refractivity contribution in [2.75, 3.05) is 39.5 Å². The quantitative estimate of drug-likeness (QED) is 0.760. The molecule has 1 aliphatic carbocycles. The maximum absolute atomic E-state index is 12.3. The third-order valence-electron chi connectivity index (χ3n) is 5.62. The molecule has 5 nitrogen and oxygen atoms in total. The Kier molecular flexibility index (Phi) is 5.22. The molecule has 0 aromatic heterocycles. The first-order valence-electron chi connectivity index (χ1n) is 9.58. The summed E-state index contributed by atoms with van der Waals surface area (Å²) < 4.78 is 11.1. The third kappa shape index (κ3) is 4.33. The van der Waals surface area contributed by atoms with E-state index < -0.39 is 0 Å². The molecule has 1 aromatic carbocycles. The van der Waals surface area contributed by atoms with Gasteiger partial charge in [0, 0.05) is 44.9 Å². The number of benzene rings is 1. The number of hydrogen-bond acceptors (Lipinski definition) is 4. The average molecular weight is 344 g/mol. The fourth-order valence-electron chi connectivity index (χ4n) is 3.83. The van der Waals surface area contributed by atoms with E-state index in [-0.39, 0.29) is 12.5 Å². The van der Waals surface area contributed by atoms with Crippen molar-refractivity contribution in [3.05, 3.63) is 30.3 Å². The van der Waals surface area contributed by atoms with Gasteiger partial charge in [-0.05, 0) is 43.7 Å². The van der Waals surface area contributed by atoms with E-state index in [1.165, 1.54) is 19.4 Å². The van der Waals surface area contributed by atoms with Crippen LogP contribution in [0.25, 0.3) is 0 Å². The minimum atomic E-state index is 0.0958. The monoisotopic (exact) mass is 344 g/mol. The predicted molar refractivity (Wildman–Crippen MR) is 95.6 cm³/mol. The van der Waals surface area contributed by atoms with Gasteiger partial charge in [-0.15, -0.1) is 0 Å². The molecule has 3 aliphatic rings. The summed E-state index contributed by atoms with van der Waals surface area (Å²) in [6, 6.07) is 10.7. The molecule has 2 saturated heterocycles. The van der Waals surface area contributed by atoms with Crippen LogP contribution in [0.4, 0.5) is 0 Å². The third-order valence-corrected chi connectivity index (χ3v) is 5.62. The van der Waals surface area contributed by atoms with Gasteiger partial charge in [0.15, 0.2) is 6.61 Å². The summed E-state index contributed by atoms with van der Waals surface area (Å²) in [5.74, 6) is 1.73. The highest BCUT2D eigenvalue weighted by Crippen LogP contribution is 2.33. The first kappa shape index (κ1) is 16.9. The Balaban J connectivity index is 1.26. The molecule has 3 fully saturated rings. The lowest BCUT2D eigenvalue weighted by molar-refractivity contribution is -0.142. The first-order valence-corrected chi connectivity index (χ1v) is 9.58. The zero-order valence-corrected chi connectivity index (χ0v) is 14.8. The van der Waals surface area contributed by atoms with E-state index in [2.05, 4.69) is 4.90 Å². The number of hydrogen-bond donors (Lipinski definition) is 0. The molecule has 136 valence electrons. The lowest BCUT2D eigenvalue weighted by Crippen LogP contribution is -2.64. The molecule has 0 bridgehead atoms. The van der Waals surface area contributed by atoms with Crippen molar-refractivity contribution in [3.63, 3.8) is 0 Å². The number of likely N-dealkylation sites (tertiary alicyclic amines) is 1. The second-order valence-electron chi connectivity index (χ2n) is 7.54. The van der Waals surface area contributed by atoms with Gasteiger partial charge < -0.3 is 14.4 Å². The minimum absolute atomic E-state index is 0.0958. The summed E-state index contributed by atoms with van der Waals surface area (Å²) in [5.41, 5.74) is 0. The molecular weight excluding hydrogens is 316 g/mol. The van der Waals surface area contributed by atoms with Gasteiger partial charge in [0.05, 0.1) is 0 Å². The van der Waals surface area contributed by atoms with Gasteiger partial charge in [-0.3, -0.25) is 9.69 Å². The molecule has 1 amide bonds. The number of ether oxygens (including phenoxy) is 2. The number of nitrogens with zero attached hydrogens (tertiary/aromatic N) is 2. The van der Waals surface area contributed by atoms with Gasteiger partial charge in [0.1, 0.15) is 5.75 Å². The zero-order valence-electron chi connectivity index (χ0n) is 14.8. The molecule has 0 radical (unpaired) electrons. The number of para-hydroxylation sites is 1. The summed E-state index contributed by atoms with van der Waals surface area (Å²) in [4.78, 5) is 17.0. The Labute approximate surface area is 149 Å². The standard InChI is InChI=1S/C20H28N2O3/c23-20(15-25-19-4-2-1-3-5-19)21-13-18(14-21)22(12-16-6-7-16)17-8-10-24-11-9-17/h1-5,16-18H,6-15H2. The van der Waals surface area contributed by atoms with E-state index in [1.54, 1.807) is 0 Å². The highest BCUT2D eigenvalue weighted by Gasteiger charge is 2.40. The summed E-state index contributed by atoms with van der Waals surface area (Å²) in [7, 11) is 0. The lowest BCUT2D eigenvalue weighted by Gasteiger charge is -2.49. The van der Waals surface area contributed by atoms with Crippen LogP contribution in [0.5, 0.6) is 5.75 Å². The van der Waals surface area contributed by atoms with E-state index in [9.17, 15) is 4.79 Å². The van der Waals surface area contributed by atoms with Gasteiger partial charge in [0.25, 0.3) is 5.91 Å². The molecule has 1 aromatic rings. The summed E-state index contributed by atoms with van der Waals surface area (Å²) in [5, 5.41) is 0. The van der Waals surface area contributed by atoms with Crippen LogP contribution in [0.2, 0.25) is 0 Å². The van der Waals surface area contributed by atoms with Gasteiger partial charge in [0.2, 0.25) is 0 Å². The topological polar surface area (TPSA) is 42.0 Å². The van der Waals surface area contributed by atoms with Crippen molar-refractivity contribution >= 4 is 5.91 Å². The molecule has 25 heavy (non-hydrogen) atoms. The highest BCUT2D eigenvalue weighted by atomic mass is 16.5. The summed E-state index contributed by atoms with van der Waals surface area (Å²) in [6.07, 6.45) is 5.02. The van der Waals surface area contributed by atoms with Gasteiger partial charge >= 0.3 is 0 Å². The van der Waals surface area contributed by atoms with E-state index >= 15 is 0 Å². The Morgan fingerprint density at radius 1 is 1.08 bits per heavy atom. The maximum atomic E-state index is 12.3. The second kappa shape index (κ2) is 7.75. The Hall–Kier alpha value is -1.59. The molecule has 0 atom stereocenters. The molecule has 0 spiro atoms. The zero-order chi connectivity index (χ0) is 17.1. The number of amides is 1. The van der Waals surface area contributed by atoms with Crippen LogP contribution < -0.4 is 4.74 Å². The van der Waals surface area contributed by atoms with Crippen LogP contribution in [0.15, 0.2) is 30.3 Å². The van der Waals surface area contributed by atoms with E-state index in [0.717, 1.165) is 50.8 Å². The lowest BCUT2D eigenvalue weighted by atomic mass is 9.99. The SMILES string of the molecule is O=C(COc1ccccc1)N1CC(N(CC2CC2)C2CCOCC2)C1. The fraction of sp³-hybridized carbons (Fsp3) is 0.650. The van der Waals surface area contributed by atoms with E-state index in [4.69, 9.17) is 9.47 Å². The average Bonchev–Trinajstić information content (AvgIpc) is 3.44. The van der Waals surface area contributed by atoms with Crippen molar-refractivity contribution < 1.29 is 14.3 Å². The Morgan fingerprint density at radius 2 is 1.80 bits per heavy atom. The van der Waals surface area contributed by atoms with Gasteiger partial charge in [-0.1, -0.05) is 18.2 Å². The van der Waals surface area contributed by atoms with Crippen molar-refractivity contribution in [1.29, 1.82) is 0 Å². The largest absolute Gasteiger partial charge is 0.484 e. The molecule has 0 N–H and O–H groups in total. The highest BCUT2D eigenvalue weighted by molar-refractivity contribution is 5.78. The predicted octanol–water partition coefficient (Wildman–Crippen LogP) is 2.17. The van der Waals surface area contributed by atoms with Gasteiger partial charge in [-0.25, -0.2) is 0 Å². The maximum Gasteiger partial charge on any atom is 0.260 e. The second-order valence-corrected chi connectivity index (χ2v) is 7.54. The van der Waals surface area contributed by atoms with Crippen molar-refractivity contribution in [1.82, 2.24) is 9.80 Å². The van der Waals surface area contributed by atoms with E-state index in [0.29, 0.717) is 12.1 Å². The summed E-state index contributed by atoms with van der Waals surface area (Å²) in [6.45, 7) is 4.80. The fourth-order valence-corrected chi connectivity index (χ4v) is 3.83. The summed E-state index contributed by atoms with van der Waals surface area (Å²) >= 11 is 0. The van der Waals surface area contributed by atoms with Crippen LogP contribution in [-0.2, 0) is 9.53 Å². The number of carbonyl (C=O) groups excluding carboxylic acids is 1. The number of rotatable bonds is 7. The van der Waals surface area contributed by atoms with E-state index in [1.807, 2.05) is 35.2 Å². The van der Waals surface area contributed by atoms with Crippen molar-refractivity contribution in [2.45, 2.75) is 37.8 Å². The number of carbonyl (C=O) groups is 1. The van der Waals surface area contributed by atoms with Crippen LogP contribution in [0.3, 0.4) is 0 Å². The minimum Gasteiger partial charge on any atom is -0.484 e. The molecule has 2 heterocycles. The first-order chi connectivity index (χ1) is 12.3. The molecule has 5 heteroatoms. The molecule has 1 saturated carbocycles. The van der Waals surface area contributed by atoms with Crippen LogP contribution >= 0.6 is 0 Å². The molecule has 2 aliphatic heterocycles. The van der Waals surface area contributed by atoms with Crippen molar-refractivity contribution in [3.8, 4) is 5.75 Å². The normalized spacial score (nSPS) is 22.0. The Morgan fingerprint density at radius 3 is 2.48 bits per heavy atom. The van der Waals surface area contributed by atoms with Crippen LogP contribution in [-0.4, -0.2) is 67.2 Å². The molecule has 0 unspecified atom stereocenters. The van der Waals surface area contributed by atoms with Crippen LogP contribution in [0, 0.1) is 5.92 Å². The smallest absolute Gasteiger partial charge is 0.260 e. The van der Waals surface area contributed by atoms with Crippen LogP contribution in [0.1, 0.15) is 25.7 Å². The molecule has 4 rings (SSSR count). The molecular formula is C20H28N2O3.